The zero-order chi connectivity index (χ0) is 28.5. The van der Waals surface area contributed by atoms with E-state index in [2.05, 4.69) is 15.1 Å². The van der Waals surface area contributed by atoms with Gasteiger partial charge in [-0.15, -0.1) is 0 Å². The number of benzene rings is 1. The maximum atomic E-state index is 14.9. The number of hydrogen-bond donors (Lipinski definition) is 2. The summed E-state index contributed by atoms with van der Waals surface area (Å²) in [5.41, 5.74) is 1.97. The maximum absolute atomic E-state index is 14.9. The van der Waals surface area contributed by atoms with Crippen LogP contribution in [0.1, 0.15) is 18.9 Å². The molecule has 3 N–H and O–H groups in total. The van der Waals surface area contributed by atoms with Gasteiger partial charge in [0.25, 0.3) is 11.1 Å². The van der Waals surface area contributed by atoms with Gasteiger partial charge in [0.05, 0.1) is 43.1 Å². The van der Waals surface area contributed by atoms with Gasteiger partial charge in [0.1, 0.15) is 12.0 Å². The Hall–Kier alpha value is -4.56. The van der Waals surface area contributed by atoms with Gasteiger partial charge in [0.2, 0.25) is 0 Å². The van der Waals surface area contributed by atoms with Crippen molar-refractivity contribution in [2.24, 2.45) is 0 Å². The minimum Gasteiger partial charge on any atom is -0.491 e. The Kier molecular flexibility index (Phi) is 7.51. The molecular weight excluding hydrogens is 531 g/mol. The van der Waals surface area contributed by atoms with E-state index < -0.39 is 59.7 Å². The summed E-state index contributed by atoms with van der Waals surface area (Å²) in [6, 6.07) is 3.80. The van der Waals surface area contributed by atoms with Gasteiger partial charge < -0.3 is 19.8 Å². The summed E-state index contributed by atoms with van der Waals surface area (Å²) >= 11 is 0. The van der Waals surface area contributed by atoms with Crippen LogP contribution in [0.15, 0.2) is 46.4 Å². The number of halogens is 5. The highest BCUT2D eigenvalue weighted by atomic mass is 19.4. The van der Waals surface area contributed by atoms with Crippen LogP contribution in [0, 0.1) is 5.82 Å². The Balaban J connectivity index is 1.52. The number of hydrogen-bond acceptors (Lipinski definition) is 8. The summed E-state index contributed by atoms with van der Waals surface area (Å²) in [5.74, 6) is -1.48. The third kappa shape index (κ3) is 5.81. The number of nitrogens with one attached hydrogen (secondary N) is 1. The molecule has 3 aromatic heterocycles. The first-order valence-electron chi connectivity index (χ1n) is 11.3. The molecule has 2 atom stereocenters. The lowest BCUT2D eigenvalue weighted by atomic mass is 10.1. The van der Waals surface area contributed by atoms with Crippen LogP contribution in [0.25, 0.3) is 22.2 Å². The second kappa shape index (κ2) is 10.7. The van der Waals surface area contributed by atoms with Crippen molar-refractivity contribution in [1.29, 1.82) is 0 Å². The fourth-order valence-electron chi connectivity index (χ4n) is 3.94. The Morgan fingerprint density at radius 3 is 2.59 bits per heavy atom. The standard InChI is InChI=1S/C24H21F5N6O4/c1-11(39-17-9-32-34-22(36)19(17)24(27,28)29)5-13(25)10-35-4-3-12-6-15(16(26)7-14(12)23(35)37)21-31-8-18(38-2)20(30)33-21/h3-4,6-9,11,13H,5,10H2,1-2H3,(H,34,36)(H2,30,31,33)/t11-,13+/m1/s1. The Bertz CT molecular complexity index is 1640. The Morgan fingerprint density at radius 2 is 1.92 bits per heavy atom. The van der Waals surface area contributed by atoms with E-state index in [1.807, 2.05) is 0 Å². The van der Waals surface area contributed by atoms with E-state index in [4.69, 9.17) is 15.2 Å². The average Bonchev–Trinajstić information content (AvgIpc) is 2.85. The number of pyridine rings is 1. The number of rotatable bonds is 8. The van der Waals surface area contributed by atoms with Crippen molar-refractivity contribution in [1.82, 2.24) is 24.7 Å². The molecule has 0 radical (unpaired) electrons. The molecule has 0 amide bonds. The zero-order valence-electron chi connectivity index (χ0n) is 20.4. The van der Waals surface area contributed by atoms with Crippen LogP contribution in [0.2, 0.25) is 0 Å². The molecule has 4 aromatic rings. The molecule has 0 fully saturated rings. The second-order valence-corrected chi connectivity index (χ2v) is 8.54. The summed E-state index contributed by atoms with van der Waals surface area (Å²) in [7, 11) is 1.37. The van der Waals surface area contributed by atoms with E-state index in [1.54, 1.807) is 5.10 Å². The first kappa shape index (κ1) is 27.5. The molecule has 0 saturated heterocycles. The van der Waals surface area contributed by atoms with Crippen LogP contribution >= 0.6 is 0 Å². The molecule has 0 unspecified atom stereocenters. The summed E-state index contributed by atoms with van der Waals surface area (Å²) in [4.78, 5) is 32.5. The number of nitrogens with two attached hydrogens (primary N) is 1. The van der Waals surface area contributed by atoms with Gasteiger partial charge in [-0.1, -0.05) is 0 Å². The van der Waals surface area contributed by atoms with Crippen LogP contribution in [-0.2, 0) is 12.7 Å². The topological polar surface area (TPSA) is 138 Å². The molecular formula is C24H21F5N6O4. The highest BCUT2D eigenvalue weighted by molar-refractivity contribution is 5.86. The van der Waals surface area contributed by atoms with Crippen LogP contribution in [0.5, 0.6) is 11.5 Å². The van der Waals surface area contributed by atoms with Crippen LogP contribution in [-0.4, -0.2) is 44.1 Å². The number of nitrogen functional groups attached to an aromatic ring is 1. The van der Waals surface area contributed by atoms with Gasteiger partial charge >= 0.3 is 6.18 Å². The fraction of sp³-hybridized carbons (Fsp3) is 0.292. The summed E-state index contributed by atoms with van der Waals surface area (Å²) in [6.07, 6.45) is -5.02. The predicted octanol–water partition coefficient (Wildman–Crippen LogP) is 3.49. The van der Waals surface area contributed by atoms with Crippen molar-refractivity contribution in [3.05, 3.63) is 68.9 Å². The summed E-state index contributed by atoms with van der Waals surface area (Å²) < 4.78 is 80.5. The van der Waals surface area contributed by atoms with Crippen LogP contribution < -0.4 is 26.3 Å². The SMILES string of the molecule is COc1cnc(-c2cc3ccn(C[C@@H](F)C[C@@H](C)Oc4cn[nH]c(=O)c4C(F)(F)F)c(=O)c3cc2F)nc1N. The van der Waals surface area contributed by atoms with Gasteiger partial charge in [-0.2, -0.15) is 18.3 Å². The van der Waals surface area contributed by atoms with Gasteiger partial charge in [-0.25, -0.2) is 23.8 Å². The van der Waals surface area contributed by atoms with Crippen molar-refractivity contribution in [2.45, 2.75) is 38.3 Å². The number of methoxy groups -OCH3 is 1. The second-order valence-electron chi connectivity index (χ2n) is 8.54. The maximum Gasteiger partial charge on any atom is 0.425 e. The van der Waals surface area contributed by atoms with E-state index >= 15 is 0 Å². The molecule has 15 heteroatoms. The van der Waals surface area contributed by atoms with Crippen molar-refractivity contribution in [3.63, 3.8) is 0 Å². The van der Waals surface area contributed by atoms with Gasteiger partial charge in [-0.05, 0) is 30.5 Å². The fourth-order valence-corrected chi connectivity index (χ4v) is 3.94. The number of alkyl halides is 4. The number of aromatic nitrogens is 5. The van der Waals surface area contributed by atoms with Gasteiger partial charge in [0, 0.05) is 12.6 Å². The van der Waals surface area contributed by atoms with E-state index in [9.17, 15) is 31.5 Å². The molecule has 0 aliphatic rings. The van der Waals surface area contributed by atoms with E-state index in [0.717, 1.165) is 10.6 Å². The average molecular weight is 552 g/mol. The van der Waals surface area contributed by atoms with E-state index in [0.29, 0.717) is 11.6 Å². The third-order valence-corrected chi connectivity index (χ3v) is 5.72. The highest BCUT2D eigenvalue weighted by Gasteiger charge is 2.38. The number of anilines is 1. The lowest BCUT2D eigenvalue weighted by Gasteiger charge is -2.19. The smallest absolute Gasteiger partial charge is 0.425 e. The molecule has 0 saturated carbocycles. The Morgan fingerprint density at radius 1 is 1.18 bits per heavy atom. The Labute approximate surface area is 216 Å². The first-order valence-corrected chi connectivity index (χ1v) is 11.3. The van der Waals surface area contributed by atoms with Crippen LogP contribution in [0.4, 0.5) is 27.8 Å². The van der Waals surface area contributed by atoms with Crippen molar-refractivity contribution < 1.29 is 31.4 Å². The van der Waals surface area contributed by atoms with E-state index in [-0.39, 0.29) is 28.3 Å². The first-order chi connectivity index (χ1) is 18.4. The number of nitrogens with zero attached hydrogens (tertiary/aromatic N) is 4. The number of fused-ring (bicyclic) bond motifs is 1. The van der Waals surface area contributed by atoms with Crippen molar-refractivity contribution in [3.8, 4) is 22.9 Å². The molecule has 39 heavy (non-hydrogen) atoms. The molecule has 0 spiro atoms. The zero-order valence-corrected chi connectivity index (χ0v) is 20.4. The molecule has 0 aliphatic heterocycles. The van der Waals surface area contributed by atoms with E-state index in [1.165, 1.54) is 38.6 Å². The lowest BCUT2D eigenvalue weighted by molar-refractivity contribution is -0.140. The third-order valence-electron chi connectivity index (χ3n) is 5.72. The van der Waals surface area contributed by atoms with Gasteiger partial charge in [0.15, 0.2) is 28.7 Å². The van der Waals surface area contributed by atoms with Crippen molar-refractivity contribution in [2.75, 3.05) is 12.8 Å². The molecule has 1 aromatic carbocycles. The minimum atomic E-state index is -5.01. The van der Waals surface area contributed by atoms with Gasteiger partial charge in [-0.3, -0.25) is 9.59 Å². The predicted molar refractivity (Wildman–Crippen MR) is 130 cm³/mol. The molecule has 0 bridgehead atoms. The molecule has 4 rings (SSSR count). The molecule has 3 heterocycles. The number of ether oxygens (including phenoxy) is 2. The highest BCUT2D eigenvalue weighted by Crippen LogP contribution is 2.33. The van der Waals surface area contributed by atoms with Crippen molar-refractivity contribution >= 4 is 16.6 Å². The normalized spacial score (nSPS) is 13.3. The number of aromatic amines is 1. The minimum absolute atomic E-state index is 0.00503. The monoisotopic (exact) mass is 552 g/mol. The summed E-state index contributed by atoms with van der Waals surface area (Å²) in [5, 5.41) is 5.26. The van der Waals surface area contributed by atoms with Crippen LogP contribution in [0.3, 0.4) is 0 Å². The largest absolute Gasteiger partial charge is 0.491 e. The molecule has 206 valence electrons. The molecule has 10 nitrogen and oxygen atoms in total. The number of H-pyrrole nitrogens is 1. The molecule has 0 aliphatic carbocycles. The quantitative estimate of drug-likeness (QED) is 0.317. The lowest BCUT2D eigenvalue weighted by Crippen LogP contribution is -2.29. The summed E-state index contributed by atoms with van der Waals surface area (Å²) in [6.45, 7) is 0.825.